The number of carbonyl (C=O) groups excluding carboxylic acids is 1. The summed E-state index contributed by atoms with van der Waals surface area (Å²) in [6.07, 6.45) is 5.41. The zero-order valence-electron chi connectivity index (χ0n) is 13.8. The van der Waals surface area contributed by atoms with Gasteiger partial charge < -0.3 is 4.90 Å². The lowest BCUT2D eigenvalue weighted by Crippen LogP contribution is -2.40. The highest BCUT2D eigenvalue weighted by atomic mass is 16.2. The number of hydrogen-bond acceptors (Lipinski definition) is 5. The summed E-state index contributed by atoms with van der Waals surface area (Å²) in [4.78, 5) is 16.8. The Hall–Kier alpha value is -1.50. The summed E-state index contributed by atoms with van der Waals surface area (Å²) in [6, 6.07) is 0. The van der Waals surface area contributed by atoms with Crippen molar-refractivity contribution in [1.29, 1.82) is 0 Å². The van der Waals surface area contributed by atoms with E-state index >= 15 is 0 Å². The van der Waals surface area contributed by atoms with E-state index in [0.717, 1.165) is 64.1 Å². The van der Waals surface area contributed by atoms with Crippen LogP contribution in [0.2, 0.25) is 0 Å². The Kier molecular flexibility index (Phi) is 6.76. The van der Waals surface area contributed by atoms with Crippen molar-refractivity contribution < 1.29 is 4.79 Å². The van der Waals surface area contributed by atoms with E-state index in [0.29, 0.717) is 12.5 Å². The van der Waals surface area contributed by atoms with Crippen molar-refractivity contribution in [2.75, 3.05) is 32.7 Å². The molecular formula is C15H28N6O. The summed E-state index contributed by atoms with van der Waals surface area (Å²) in [7, 11) is 0. The molecule has 1 aliphatic rings. The van der Waals surface area contributed by atoms with Gasteiger partial charge in [0.05, 0.1) is 6.54 Å². The van der Waals surface area contributed by atoms with Gasteiger partial charge in [-0.15, -0.1) is 10.2 Å². The zero-order chi connectivity index (χ0) is 15.8. The van der Waals surface area contributed by atoms with Gasteiger partial charge in [0.15, 0.2) is 5.82 Å². The van der Waals surface area contributed by atoms with E-state index in [9.17, 15) is 4.79 Å². The summed E-state index contributed by atoms with van der Waals surface area (Å²) < 4.78 is 0. The predicted octanol–water partition coefficient (Wildman–Crippen LogP) is 1.42. The van der Waals surface area contributed by atoms with Crippen LogP contribution in [0.3, 0.4) is 0 Å². The van der Waals surface area contributed by atoms with Crippen molar-refractivity contribution in [3.63, 3.8) is 0 Å². The van der Waals surface area contributed by atoms with Crippen LogP contribution in [0.1, 0.15) is 57.7 Å². The second kappa shape index (κ2) is 8.82. The number of nitrogens with zero attached hydrogens (tertiary/aromatic N) is 5. The van der Waals surface area contributed by atoms with Crippen molar-refractivity contribution >= 4 is 5.91 Å². The van der Waals surface area contributed by atoms with Crippen molar-refractivity contribution in [2.24, 2.45) is 0 Å². The molecule has 0 saturated carbocycles. The SMILES string of the molecule is CCCCN(CCCC)C(=O)CN1CCC(c2nn[nH]n2)C1. The number of aromatic nitrogens is 4. The Morgan fingerprint density at radius 2 is 2.05 bits per heavy atom. The Balaban J connectivity index is 1.81. The summed E-state index contributed by atoms with van der Waals surface area (Å²) >= 11 is 0. The molecule has 0 bridgehead atoms. The van der Waals surface area contributed by atoms with Gasteiger partial charge in [0, 0.05) is 25.6 Å². The first-order chi connectivity index (χ1) is 10.7. The maximum Gasteiger partial charge on any atom is 0.236 e. The van der Waals surface area contributed by atoms with E-state index in [4.69, 9.17) is 0 Å². The quantitative estimate of drug-likeness (QED) is 0.746. The number of amides is 1. The molecule has 2 heterocycles. The number of rotatable bonds is 9. The molecule has 1 aromatic heterocycles. The molecule has 1 aliphatic heterocycles. The van der Waals surface area contributed by atoms with Crippen LogP contribution in [-0.2, 0) is 4.79 Å². The third-order valence-electron chi connectivity index (χ3n) is 4.27. The molecule has 1 aromatic rings. The molecule has 7 heteroatoms. The van der Waals surface area contributed by atoms with Gasteiger partial charge in [-0.1, -0.05) is 31.9 Å². The van der Waals surface area contributed by atoms with Gasteiger partial charge in [-0.05, 0) is 25.8 Å². The van der Waals surface area contributed by atoms with Crippen LogP contribution in [0.25, 0.3) is 0 Å². The van der Waals surface area contributed by atoms with E-state index < -0.39 is 0 Å². The van der Waals surface area contributed by atoms with Gasteiger partial charge in [0.1, 0.15) is 0 Å². The summed E-state index contributed by atoms with van der Waals surface area (Å²) in [5.74, 6) is 1.32. The Morgan fingerprint density at radius 3 is 2.64 bits per heavy atom. The van der Waals surface area contributed by atoms with Crippen molar-refractivity contribution in [2.45, 2.75) is 51.9 Å². The fraction of sp³-hybridized carbons (Fsp3) is 0.867. The molecule has 1 N–H and O–H groups in total. The number of likely N-dealkylation sites (tertiary alicyclic amines) is 1. The molecule has 1 unspecified atom stereocenters. The lowest BCUT2D eigenvalue weighted by molar-refractivity contribution is -0.132. The van der Waals surface area contributed by atoms with Crippen LogP contribution < -0.4 is 0 Å². The fourth-order valence-corrected chi connectivity index (χ4v) is 2.88. The van der Waals surface area contributed by atoms with Crippen LogP contribution in [0, 0.1) is 0 Å². The molecule has 22 heavy (non-hydrogen) atoms. The van der Waals surface area contributed by atoms with E-state index in [1.54, 1.807) is 0 Å². The van der Waals surface area contributed by atoms with Crippen LogP contribution in [0.5, 0.6) is 0 Å². The number of H-pyrrole nitrogens is 1. The van der Waals surface area contributed by atoms with Gasteiger partial charge >= 0.3 is 0 Å². The normalized spacial score (nSPS) is 18.7. The number of hydrogen-bond donors (Lipinski definition) is 1. The number of aromatic amines is 1. The molecule has 1 atom stereocenters. The smallest absolute Gasteiger partial charge is 0.236 e. The third-order valence-corrected chi connectivity index (χ3v) is 4.27. The second-order valence-corrected chi connectivity index (χ2v) is 6.08. The largest absolute Gasteiger partial charge is 0.342 e. The average Bonchev–Trinajstić information content (AvgIpc) is 3.18. The fourth-order valence-electron chi connectivity index (χ4n) is 2.88. The van der Waals surface area contributed by atoms with Gasteiger partial charge in [0.2, 0.25) is 5.91 Å². The van der Waals surface area contributed by atoms with Crippen molar-refractivity contribution in [1.82, 2.24) is 30.4 Å². The molecule has 1 amide bonds. The highest BCUT2D eigenvalue weighted by molar-refractivity contribution is 5.78. The molecule has 0 spiro atoms. The van der Waals surface area contributed by atoms with E-state index in [-0.39, 0.29) is 5.91 Å². The minimum Gasteiger partial charge on any atom is -0.342 e. The van der Waals surface area contributed by atoms with Gasteiger partial charge in [-0.3, -0.25) is 9.69 Å². The first-order valence-corrected chi connectivity index (χ1v) is 8.48. The summed E-state index contributed by atoms with van der Waals surface area (Å²) in [5, 5.41) is 14.2. The average molecular weight is 308 g/mol. The predicted molar refractivity (Wildman–Crippen MR) is 84.4 cm³/mol. The Morgan fingerprint density at radius 1 is 1.32 bits per heavy atom. The van der Waals surface area contributed by atoms with Gasteiger partial charge in [0.25, 0.3) is 0 Å². The maximum atomic E-state index is 12.5. The number of nitrogens with one attached hydrogen (secondary N) is 1. The van der Waals surface area contributed by atoms with Crippen molar-refractivity contribution in [3.05, 3.63) is 5.82 Å². The lowest BCUT2D eigenvalue weighted by atomic mass is 10.1. The van der Waals surface area contributed by atoms with E-state index in [1.807, 2.05) is 4.90 Å². The summed E-state index contributed by atoms with van der Waals surface area (Å²) in [5.41, 5.74) is 0. The molecule has 7 nitrogen and oxygen atoms in total. The molecule has 1 fully saturated rings. The van der Waals surface area contributed by atoms with Crippen LogP contribution in [0.4, 0.5) is 0 Å². The van der Waals surface area contributed by atoms with Gasteiger partial charge in [-0.25, -0.2) is 0 Å². The third kappa shape index (κ3) is 4.76. The molecule has 124 valence electrons. The number of carbonyl (C=O) groups is 1. The minimum atomic E-state index is 0.260. The molecule has 1 saturated heterocycles. The molecule has 2 rings (SSSR count). The standard InChI is InChI=1S/C15H28N6O/c1-3-5-8-21(9-6-4-2)14(22)12-20-10-7-13(11-20)15-16-18-19-17-15/h13H,3-12H2,1-2H3,(H,16,17,18,19). The second-order valence-electron chi connectivity index (χ2n) is 6.08. The van der Waals surface area contributed by atoms with Gasteiger partial charge in [-0.2, -0.15) is 5.21 Å². The maximum absolute atomic E-state index is 12.5. The molecule has 0 radical (unpaired) electrons. The zero-order valence-corrected chi connectivity index (χ0v) is 13.8. The Bertz CT molecular complexity index is 427. The first kappa shape index (κ1) is 16.9. The molecular weight excluding hydrogens is 280 g/mol. The molecule has 0 aromatic carbocycles. The Labute approximate surface area is 132 Å². The van der Waals surface area contributed by atoms with Crippen LogP contribution in [0.15, 0.2) is 0 Å². The van der Waals surface area contributed by atoms with Crippen molar-refractivity contribution in [3.8, 4) is 0 Å². The van der Waals surface area contributed by atoms with E-state index in [2.05, 4.69) is 39.4 Å². The minimum absolute atomic E-state index is 0.260. The highest BCUT2D eigenvalue weighted by Gasteiger charge is 2.28. The van der Waals surface area contributed by atoms with E-state index in [1.165, 1.54) is 0 Å². The monoisotopic (exact) mass is 308 g/mol. The lowest BCUT2D eigenvalue weighted by Gasteiger charge is -2.25. The van der Waals surface area contributed by atoms with Crippen LogP contribution >= 0.6 is 0 Å². The topological polar surface area (TPSA) is 78.0 Å². The first-order valence-electron chi connectivity index (χ1n) is 8.48. The molecule has 0 aliphatic carbocycles. The summed E-state index contributed by atoms with van der Waals surface area (Å²) in [6.45, 7) is 8.40. The highest BCUT2D eigenvalue weighted by Crippen LogP contribution is 2.23. The number of tetrazole rings is 1. The number of unbranched alkanes of at least 4 members (excludes halogenated alkanes) is 2. The van der Waals surface area contributed by atoms with Crippen LogP contribution in [-0.4, -0.2) is 69.1 Å².